The topological polar surface area (TPSA) is 9.23 Å². The van der Waals surface area contributed by atoms with Gasteiger partial charge in [0.05, 0.1) is 7.11 Å². The standard InChI is InChI=1S/C11H16OS/c1-12-11-7-3-5-10(9-11)6-4-8-13-2/h3,5,7,9H,4,6,8H2,1-2H3. The van der Waals surface area contributed by atoms with Crippen LogP contribution in [0.2, 0.25) is 0 Å². The van der Waals surface area contributed by atoms with Gasteiger partial charge in [-0.1, -0.05) is 12.1 Å². The van der Waals surface area contributed by atoms with E-state index in [0.717, 1.165) is 12.2 Å². The maximum Gasteiger partial charge on any atom is 0.119 e. The van der Waals surface area contributed by atoms with E-state index in [-0.39, 0.29) is 0 Å². The Morgan fingerprint density at radius 3 is 2.92 bits per heavy atom. The minimum Gasteiger partial charge on any atom is -0.497 e. The van der Waals surface area contributed by atoms with Crippen molar-refractivity contribution in [2.45, 2.75) is 12.8 Å². The van der Waals surface area contributed by atoms with Crippen LogP contribution in [0.25, 0.3) is 0 Å². The zero-order valence-corrected chi connectivity index (χ0v) is 9.06. The Hall–Kier alpha value is -0.630. The molecule has 0 amide bonds. The van der Waals surface area contributed by atoms with Gasteiger partial charge in [-0.05, 0) is 42.5 Å². The van der Waals surface area contributed by atoms with Crippen LogP contribution in [0.3, 0.4) is 0 Å². The van der Waals surface area contributed by atoms with Crippen LogP contribution < -0.4 is 4.74 Å². The van der Waals surface area contributed by atoms with Gasteiger partial charge in [0.25, 0.3) is 0 Å². The van der Waals surface area contributed by atoms with Crippen molar-refractivity contribution in [3.63, 3.8) is 0 Å². The average molecular weight is 196 g/mol. The van der Waals surface area contributed by atoms with Crippen molar-refractivity contribution >= 4 is 11.8 Å². The van der Waals surface area contributed by atoms with Crippen molar-refractivity contribution in [2.75, 3.05) is 19.1 Å². The third kappa shape index (κ3) is 3.73. The van der Waals surface area contributed by atoms with E-state index < -0.39 is 0 Å². The molecule has 1 nitrogen and oxygen atoms in total. The van der Waals surface area contributed by atoms with E-state index >= 15 is 0 Å². The second kappa shape index (κ2) is 5.92. The number of aryl methyl sites for hydroxylation is 1. The fourth-order valence-corrected chi connectivity index (χ4v) is 1.68. The number of rotatable bonds is 5. The molecule has 0 bridgehead atoms. The van der Waals surface area contributed by atoms with Gasteiger partial charge in [0, 0.05) is 0 Å². The fourth-order valence-electron chi connectivity index (χ4n) is 1.25. The lowest BCUT2D eigenvalue weighted by atomic mass is 10.1. The minimum atomic E-state index is 0.960. The first-order chi connectivity index (χ1) is 6.36. The summed E-state index contributed by atoms with van der Waals surface area (Å²) in [6.45, 7) is 0. The molecule has 1 rings (SSSR count). The van der Waals surface area contributed by atoms with Crippen molar-refractivity contribution in [1.82, 2.24) is 0 Å². The summed E-state index contributed by atoms with van der Waals surface area (Å²) >= 11 is 1.90. The smallest absolute Gasteiger partial charge is 0.119 e. The molecule has 0 aliphatic carbocycles. The summed E-state index contributed by atoms with van der Waals surface area (Å²) < 4.78 is 5.16. The van der Waals surface area contributed by atoms with Crippen LogP contribution in [-0.2, 0) is 6.42 Å². The molecule has 0 aliphatic heterocycles. The van der Waals surface area contributed by atoms with E-state index in [9.17, 15) is 0 Å². The lowest BCUT2D eigenvalue weighted by Gasteiger charge is -2.03. The first-order valence-corrected chi connectivity index (χ1v) is 5.88. The van der Waals surface area contributed by atoms with E-state index in [1.807, 2.05) is 23.9 Å². The van der Waals surface area contributed by atoms with Gasteiger partial charge in [0.1, 0.15) is 5.75 Å². The second-order valence-corrected chi connectivity index (χ2v) is 3.93. The molecule has 0 unspecified atom stereocenters. The second-order valence-electron chi connectivity index (χ2n) is 2.95. The molecule has 0 saturated heterocycles. The van der Waals surface area contributed by atoms with Gasteiger partial charge < -0.3 is 4.74 Å². The molecule has 2 heteroatoms. The number of methoxy groups -OCH3 is 1. The summed E-state index contributed by atoms with van der Waals surface area (Å²) in [6, 6.07) is 8.30. The Balaban J connectivity index is 2.46. The highest BCUT2D eigenvalue weighted by Gasteiger charge is 1.95. The molecule has 0 fully saturated rings. The van der Waals surface area contributed by atoms with Gasteiger partial charge in [0.15, 0.2) is 0 Å². The number of ether oxygens (including phenoxy) is 1. The summed E-state index contributed by atoms with van der Waals surface area (Å²) in [5.74, 6) is 2.19. The normalized spacial score (nSPS) is 10.0. The Labute approximate surface area is 84.5 Å². The van der Waals surface area contributed by atoms with E-state index in [1.165, 1.54) is 17.7 Å². The Morgan fingerprint density at radius 1 is 1.38 bits per heavy atom. The Morgan fingerprint density at radius 2 is 2.23 bits per heavy atom. The SMILES string of the molecule is COc1cccc(CCCSC)c1. The molecule has 0 aromatic heterocycles. The molecule has 0 radical (unpaired) electrons. The lowest BCUT2D eigenvalue weighted by Crippen LogP contribution is -1.89. The molecule has 1 aromatic rings. The van der Waals surface area contributed by atoms with Crippen LogP contribution in [-0.4, -0.2) is 19.1 Å². The molecule has 0 N–H and O–H groups in total. The van der Waals surface area contributed by atoms with Crippen LogP contribution >= 0.6 is 11.8 Å². The molecular weight excluding hydrogens is 180 g/mol. The third-order valence-electron chi connectivity index (χ3n) is 1.95. The molecule has 0 saturated carbocycles. The highest BCUT2D eigenvalue weighted by molar-refractivity contribution is 7.98. The average Bonchev–Trinajstić information content (AvgIpc) is 2.19. The van der Waals surface area contributed by atoms with E-state index in [0.29, 0.717) is 0 Å². The van der Waals surface area contributed by atoms with Crippen molar-refractivity contribution in [2.24, 2.45) is 0 Å². The van der Waals surface area contributed by atoms with Crippen LogP contribution in [0.15, 0.2) is 24.3 Å². The molecule has 72 valence electrons. The molecule has 13 heavy (non-hydrogen) atoms. The quantitative estimate of drug-likeness (QED) is 0.670. The van der Waals surface area contributed by atoms with Gasteiger partial charge in [-0.25, -0.2) is 0 Å². The van der Waals surface area contributed by atoms with Gasteiger partial charge in [-0.2, -0.15) is 11.8 Å². The summed E-state index contributed by atoms with van der Waals surface area (Å²) in [5, 5.41) is 0. The van der Waals surface area contributed by atoms with Crippen molar-refractivity contribution in [1.29, 1.82) is 0 Å². The Bertz CT molecular complexity index is 248. The summed E-state index contributed by atoms with van der Waals surface area (Å²) in [4.78, 5) is 0. The zero-order chi connectivity index (χ0) is 9.52. The molecule has 0 atom stereocenters. The van der Waals surface area contributed by atoms with Gasteiger partial charge in [0.2, 0.25) is 0 Å². The summed E-state index contributed by atoms with van der Waals surface area (Å²) in [7, 11) is 1.71. The molecule has 0 spiro atoms. The van der Waals surface area contributed by atoms with Gasteiger partial charge in [-0.15, -0.1) is 0 Å². The molecule has 0 aliphatic rings. The molecular formula is C11H16OS. The van der Waals surface area contributed by atoms with Crippen LogP contribution in [0.5, 0.6) is 5.75 Å². The fraction of sp³-hybridized carbons (Fsp3) is 0.455. The number of hydrogen-bond acceptors (Lipinski definition) is 2. The van der Waals surface area contributed by atoms with Gasteiger partial charge in [-0.3, -0.25) is 0 Å². The Kier molecular flexibility index (Phi) is 4.76. The lowest BCUT2D eigenvalue weighted by molar-refractivity contribution is 0.414. The van der Waals surface area contributed by atoms with Crippen molar-refractivity contribution in [3.05, 3.63) is 29.8 Å². The minimum absolute atomic E-state index is 0.960. The van der Waals surface area contributed by atoms with Crippen molar-refractivity contribution < 1.29 is 4.74 Å². The predicted molar refractivity (Wildman–Crippen MR) is 59.7 cm³/mol. The first-order valence-electron chi connectivity index (χ1n) is 4.48. The number of thioether (sulfide) groups is 1. The molecule has 0 heterocycles. The predicted octanol–water partition coefficient (Wildman–Crippen LogP) is 2.99. The maximum atomic E-state index is 5.16. The summed E-state index contributed by atoms with van der Waals surface area (Å²) in [6.07, 6.45) is 4.54. The van der Waals surface area contributed by atoms with Crippen LogP contribution in [0.1, 0.15) is 12.0 Å². The number of hydrogen-bond donors (Lipinski definition) is 0. The highest BCUT2D eigenvalue weighted by atomic mass is 32.2. The first kappa shape index (κ1) is 10.5. The van der Waals surface area contributed by atoms with E-state index in [1.54, 1.807) is 7.11 Å². The third-order valence-corrected chi connectivity index (χ3v) is 2.64. The maximum absolute atomic E-state index is 5.16. The zero-order valence-electron chi connectivity index (χ0n) is 8.25. The van der Waals surface area contributed by atoms with E-state index in [4.69, 9.17) is 4.74 Å². The van der Waals surface area contributed by atoms with Crippen LogP contribution in [0.4, 0.5) is 0 Å². The number of benzene rings is 1. The summed E-state index contributed by atoms with van der Waals surface area (Å²) in [5.41, 5.74) is 1.37. The largest absolute Gasteiger partial charge is 0.497 e. The van der Waals surface area contributed by atoms with Gasteiger partial charge >= 0.3 is 0 Å². The molecule has 1 aromatic carbocycles. The van der Waals surface area contributed by atoms with Crippen LogP contribution in [0, 0.1) is 0 Å². The van der Waals surface area contributed by atoms with E-state index in [2.05, 4.69) is 18.4 Å². The van der Waals surface area contributed by atoms with Crippen molar-refractivity contribution in [3.8, 4) is 5.75 Å². The highest BCUT2D eigenvalue weighted by Crippen LogP contribution is 2.14. The monoisotopic (exact) mass is 196 g/mol.